The summed E-state index contributed by atoms with van der Waals surface area (Å²) in [6.45, 7) is 4.23. The molecule has 0 heterocycles. The molecule has 0 bridgehead atoms. The van der Waals surface area contributed by atoms with E-state index in [1.807, 2.05) is 68.4 Å². The van der Waals surface area contributed by atoms with Crippen molar-refractivity contribution in [3.63, 3.8) is 0 Å². The first kappa shape index (κ1) is 19.4. The zero-order valence-corrected chi connectivity index (χ0v) is 16.3. The van der Waals surface area contributed by atoms with Crippen molar-refractivity contribution in [2.24, 2.45) is 5.10 Å². The van der Waals surface area contributed by atoms with Crippen molar-refractivity contribution >= 4 is 17.3 Å². The minimum Gasteiger partial charge on any atom is -0.376 e. The first-order valence-corrected chi connectivity index (χ1v) is 9.47. The van der Waals surface area contributed by atoms with E-state index in [2.05, 4.69) is 40.1 Å². The summed E-state index contributed by atoms with van der Waals surface area (Å²) in [5, 5.41) is 7.43. The van der Waals surface area contributed by atoms with Gasteiger partial charge in [-0.1, -0.05) is 73.7 Å². The number of carbonyl (C=O) groups excluding carboxylic acids is 1. The molecule has 0 spiro atoms. The van der Waals surface area contributed by atoms with Gasteiger partial charge in [0, 0.05) is 5.69 Å². The van der Waals surface area contributed by atoms with Gasteiger partial charge in [-0.15, -0.1) is 0 Å². The van der Waals surface area contributed by atoms with Crippen LogP contribution in [0.3, 0.4) is 0 Å². The molecule has 4 nitrogen and oxygen atoms in total. The number of nitrogens with one attached hydrogen (secondary N) is 2. The number of hydrogen-bond acceptors (Lipinski definition) is 3. The fourth-order valence-electron chi connectivity index (χ4n) is 2.94. The molecule has 2 N–H and O–H groups in total. The quantitative estimate of drug-likeness (QED) is 0.453. The van der Waals surface area contributed by atoms with Gasteiger partial charge in [-0.2, -0.15) is 5.10 Å². The SMILES string of the molecule is CCC(=NNC(=O)CNc1cccc(C)c1)c1ccc(-c2ccccc2)cc1. The van der Waals surface area contributed by atoms with Crippen LogP contribution in [0.2, 0.25) is 0 Å². The largest absolute Gasteiger partial charge is 0.376 e. The van der Waals surface area contributed by atoms with Crippen molar-refractivity contribution in [2.45, 2.75) is 20.3 Å². The lowest BCUT2D eigenvalue weighted by Crippen LogP contribution is -2.27. The van der Waals surface area contributed by atoms with Gasteiger partial charge in [-0.25, -0.2) is 5.43 Å². The Balaban J connectivity index is 1.60. The molecule has 0 radical (unpaired) electrons. The van der Waals surface area contributed by atoms with E-state index in [0.29, 0.717) is 0 Å². The second kappa shape index (κ2) is 9.51. The van der Waals surface area contributed by atoms with Crippen molar-refractivity contribution in [1.82, 2.24) is 5.43 Å². The van der Waals surface area contributed by atoms with E-state index in [1.165, 1.54) is 5.56 Å². The summed E-state index contributed by atoms with van der Waals surface area (Å²) >= 11 is 0. The zero-order valence-electron chi connectivity index (χ0n) is 16.3. The molecule has 0 aromatic heterocycles. The Bertz CT molecular complexity index is 947. The lowest BCUT2D eigenvalue weighted by atomic mass is 10.0. The van der Waals surface area contributed by atoms with E-state index in [0.717, 1.165) is 34.5 Å². The number of hydrogen-bond donors (Lipinski definition) is 2. The molecule has 142 valence electrons. The van der Waals surface area contributed by atoms with Crippen LogP contribution in [-0.2, 0) is 4.79 Å². The van der Waals surface area contributed by atoms with Crippen molar-refractivity contribution in [3.05, 3.63) is 90.0 Å². The smallest absolute Gasteiger partial charge is 0.259 e. The van der Waals surface area contributed by atoms with E-state index >= 15 is 0 Å². The Morgan fingerprint density at radius 2 is 1.61 bits per heavy atom. The van der Waals surface area contributed by atoms with Gasteiger partial charge in [0.05, 0.1) is 12.3 Å². The molecule has 28 heavy (non-hydrogen) atoms. The van der Waals surface area contributed by atoms with E-state index in [9.17, 15) is 4.79 Å². The van der Waals surface area contributed by atoms with Gasteiger partial charge in [-0.05, 0) is 47.7 Å². The van der Waals surface area contributed by atoms with Crippen LogP contribution in [0.25, 0.3) is 11.1 Å². The monoisotopic (exact) mass is 371 g/mol. The fraction of sp³-hybridized carbons (Fsp3) is 0.167. The van der Waals surface area contributed by atoms with Crippen LogP contribution < -0.4 is 10.7 Å². The van der Waals surface area contributed by atoms with Gasteiger partial charge >= 0.3 is 0 Å². The van der Waals surface area contributed by atoms with Gasteiger partial charge < -0.3 is 5.32 Å². The van der Waals surface area contributed by atoms with Crippen molar-refractivity contribution in [1.29, 1.82) is 0 Å². The average Bonchev–Trinajstić information content (AvgIpc) is 2.74. The van der Waals surface area contributed by atoms with Crippen molar-refractivity contribution in [2.75, 3.05) is 11.9 Å². The van der Waals surface area contributed by atoms with E-state index in [-0.39, 0.29) is 12.5 Å². The molecule has 0 saturated heterocycles. The summed E-state index contributed by atoms with van der Waals surface area (Å²) in [5.41, 5.74) is 8.92. The predicted molar refractivity (Wildman–Crippen MR) is 117 cm³/mol. The van der Waals surface area contributed by atoms with Gasteiger partial charge in [0.25, 0.3) is 5.91 Å². The van der Waals surface area contributed by atoms with E-state index in [4.69, 9.17) is 0 Å². The molecular formula is C24H25N3O. The normalized spacial score (nSPS) is 11.1. The standard InChI is InChI=1S/C24H25N3O/c1-3-23(21-14-12-20(13-15-21)19-9-5-4-6-10-19)26-27-24(28)17-25-22-11-7-8-18(2)16-22/h4-16,25H,3,17H2,1-2H3,(H,27,28). The molecule has 3 aromatic carbocycles. The molecule has 0 aliphatic heterocycles. The number of benzene rings is 3. The highest BCUT2D eigenvalue weighted by atomic mass is 16.2. The fourth-order valence-corrected chi connectivity index (χ4v) is 2.94. The molecule has 3 aromatic rings. The number of rotatable bonds is 7. The Labute approximate surface area is 166 Å². The average molecular weight is 371 g/mol. The van der Waals surface area contributed by atoms with Crippen LogP contribution >= 0.6 is 0 Å². The predicted octanol–water partition coefficient (Wildman–Crippen LogP) is 5.00. The Kier molecular flexibility index (Phi) is 6.58. The number of carbonyl (C=O) groups is 1. The van der Waals surface area contributed by atoms with Crippen molar-refractivity contribution in [3.8, 4) is 11.1 Å². The third-order valence-corrected chi connectivity index (χ3v) is 4.45. The maximum Gasteiger partial charge on any atom is 0.259 e. The highest BCUT2D eigenvalue weighted by molar-refractivity contribution is 6.01. The Morgan fingerprint density at radius 1 is 0.893 bits per heavy atom. The molecule has 0 saturated carbocycles. The number of nitrogens with zero attached hydrogens (tertiary/aromatic N) is 1. The Hall–Kier alpha value is -3.40. The van der Waals surface area contributed by atoms with Crippen LogP contribution in [0.15, 0.2) is 84.0 Å². The summed E-state index contributed by atoms with van der Waals surface area (Å²) in [7, 11) is 0. The summed E-state index contributed by atoms with van der Waals surface area (Å²) in [6.07, 6.45) is 0.732. The first-order chi connectivity index (χ1) is 13.7. The molecule has 4 heteroatoms. The second-order valence-corrected chi connectivity index (χ2v) is 6.61. The van der Waals surface area contributed by atoms with Gasteiger partial charge in [0.15, 0.2) is 0 Å². The molecular weight excluding hydrogens is 346 g/mol. The number of hydrazone groups is 1. The first-order valence-electron chi connectivity index (χ1n) is 9.47. The highest BCUT2D eigenvalue weighted by Crippen LogP contribution is 2.19. The van der Waals surface area contributed by atoms with Crippen LogP contribution in [0.4, 0.5) is 5.69 Å². The molecule has 0 aliphatic carbocycles. The van der Waals surface area contributed by atoms with E-state index in [1.54, 1.807) is 0 Å². The van der Waals surface area contributed by atoms with Crippen LogP contribution in [0, 0.1) is 6.92 Å². The maximum absolute atomic E-state index is 12.1. The van der Waals surface area contributed by atoms with Gasteiger partial charge in [-0.3, -0.25) is 4.79 Å². The van der Waals surface area contributed by atoms with Crippen LogP contribution in [0.1, 0.15) is 24.5 Å². The molecule has 0 aliphatic rings. The van der Waals surface area contributed by atoms with E-state index < -0.39 is 0 Å². The van der Waals surface area contributed by atoms with Crippen LogP contribution in [0.5, 0.6) is 0 Å². The highest BCUT2D eigenvalue weighted by Gasteiger charge is 2.05. The molecule has 0 atom stereocenters. The third-order valence-electron chi connectivity index (χ3n) is 4.45. The number of anilines is 1. The van der Waals surface area contributed by atoms with Crippen LogP contribution in [-0.4, -0.2) is 18.2 Å². The lowest BCUT2D eigenvalue weighted by molar-refractivity contribution is -0.119. The minimum absolute atomic E-state index is 0.173. The van der Waals surface area contributed by atoms with Crippen molar-refractivity contribution < 1.29 is 4.79 Å². The molecule has 0 fully saturated rings. The maximum atomic E-state index is 12.1. The summed E-state index contributed by atoms with van der Waals surface area (Å²) in [4.78, 5) is 12.1. The zero-order chi connectivity index (χ0) is 19.8. The lowest BCUT2D eigenvalue weighted by Gasteiger charge is -2.08. The number of aryl methyl sites for hydroxylation is 1. The summed E-state index contributed by atoms with van der Waals surface area (Å²) in [5.74, 6) is -0.173. The molecule has 0 unspecified atom stereocenters. The number of amides is 1. The minimum atomic E-state index is -0.173. The second-order valence-electron chi connectivity index (χ2n) is 6.61. The molecule has 1 amide bonds. The summed E-state index contributed by atoms with van der Waals surface area (Å²) in [6, 6.07) is 26.4. The molecule has 3 rings (SSSR count). The Morgan fingerprint density at radius 3 is 2.29 bits per heavy atom. The van der Waals surface area contributed by atoms with Gasteiger partial charge in [0.2, 0.25) is 0 Å². The van der Waals surface area contributed by atoms with Gasteiger partial charge in [0.1, 0.15) is 0 Å². The third kappa shape index (κ3) is 5.30. The topological polar surface area (TPSA) is 53.5 Å². The summed E-state index contributed by atoms with van der Waals surface area (Å²) < 4.78 is 0.